The van der Waals surface area contributed by atoms with E-state index in [9.17, 15) is 19.2 Å². The first-order valence-electron chi connectivity index (χ1n) is 9.28. The number of carboxylic acid groups (broad SMARTS) is 1. The minimum absolute atomic E-state index is 0.0521. The van der Waals surface area contributed by atoms with Gasteiger partial charge >= 0.3 is 5.97 Å². The Morgan fingerprint density at radius 1 is 1.30 bits per heavy atom. The summed E-state index contributed by atoms with van der Waals surface area (Å²) in [6, 6.07) is 5.28. The number of aromatic amines is 1. The number of halogens is 1. The van der Waals surface area contributed by atoms with Crippen molar-refractivity contribution in [3.05, 3.63) is 35.0 Å². The van der Waals surface area contributed by atoms with Crippen LogP contribution in [0, 0.1) is 0 Å². The third kappa shape index (κ3) is 10.6. The fraction of sp³-hybridized carbons (Fsp3) is 0.400. The number of carbonyl (C=O) groups excluding carboxylic acids is 3. The zero-order chi connectivity index (χ0) is 23.1. The number of carboxylic acids is 1. The van der Waals surface area contributed by atoms with Crippen molar-refractivity contribution in [1.29, 1.82) is 0 Å². The van der Waals surface area contributed by atoms with Gasteiger partial charge < -0.3 is 31.3 Å². The van der Waals surface area contributed by atoms with Gasteiger partial charge in [-0.25, -0.2) is 0 Å². The molecule has 1 heterocycles. The molecule has 0 saturated heterocycles. The van der Waals surface area contributed by atoms with Crippen molar-refractivity contribution >= 4 is 46.6 Å². The summed E-state index contributed by atoms with van der Waals surface area (Å²) in [5.41, 5.74) is 7.31. The van der Waals surface area contributed by atoms with Crippen LogP contribution in [0.2, 0.25) is 5.02 Å². The van der Waals surface area contributed by atoms with Crippen molar-refractivity contribution in [3.63, 3.8) is 0 Å². The zero-order valence-electron chi connectivity index (χ0n) is 17.3. The second-order valence-corrected chi connectivity index (χ2v) is 6.51. The fourth-order valence-electron chi connectivity index (χ4n) is 2.25. The molecule has 0 aliphatic rings. The van der Waals surface area contributed by atoms with E-state index in [0.29, 0.717) is 24.2 Å². The molecule has 166 valence electrons. The maximum Gasteiger partial charge on any atom is 0.303 e. The molecule has 9 nitrogen and oxygen atoms in total. The van der Waals surface area contributed by atoms with E-state index in [0.717, 1.165) is 16.5 Å². The van der Waals surface area contributed by atoms with E-state index in [1.807, 2.05) is 31.3 Å². The maximum absolute atomic E-state index is 11.2. The Bertz CT molecular complexity index is 832. The van der Waals surface area contributed by atoms with E-state index >= 15 is 0 Å². The van der Waals surface area contributed by atoms with Crippen LogP contribution in [0.3, 0.4) is 0 Å². The van der Waals surface area contributed by atoms with Crippen molar-refractivity contribution in [2.45, 2.75) is 38.6 Å². The number of fused-ring (bicyclic) bond motifs is 1. The van der Waals surface area contributed by atoms with E-state index < -0.39 is 5.97 Å². The third-order valence-corrected chi connectivity index (χ3v) is 4.16. The Balaban J connectivity index is 0.000000538. The molecule has 30 heavy (non-hydrogen) atoms. The number of hydrogen-bond donors (Lipinski definition) is 5. The van der Waals surface area contributed by atoms with Crippen LogP contribution in [0.4, 0.5) is 0 Å². The molecule has 1 atom stereocenters. The largest absolute Gasteiger partial charge is 0.481 e. The highest BCUT2D eigenvalue weighted by Crippen LogP contribution is 2.22. The first-order chi connectivity index (χ1) is 14.2. The molecule has 0 fully saturated rings. The van der Waals surface area contributed by atoms with E-state index in [1.165, 1.54) is 0 Å². The number of aliphatic carboxylic acids is 1. The fourth-order valence-corrected chi connectivity index (χ4v) is 2.42. The molecule has 10 heteroatoms. The van der Waals surface area contributed by atoms with Crippen LogP contribution < -0.4 is 16.4 Å². The Morgan fingerprint density at radius 2 is 1.97 bits per heavy atom. The van der Waals surface area contributed by atoms with Gasteiger partial charge in [0.2, 0.25) is 11.8 Å². The quantitative estimate of drug-likeness (QED) is 0.393. The van der Waals surface area contributed by atoms with Crippen molar-refractivity contribution in [2.75, 3.05) is 14.1 Å². The molecule has 0 unspecified atom stereocenters. The Labute approximate surface area is 180 Å². The molecule has 0 aliphatic heterocycles. The van der Waals surface area contributed by atoms with Crippen LogP contribution >= 0.6 is 11.6 Å². The van der Waals surface area contributed by atoms with Gasteiger partial charge in [0, 0.05) is 42.0 Å². The smallest absolute Gasteiger partial charge is 0.303 e. The monoisotopic (exact) mass is 440 g/mol. The molecule has 0 saturated carbocycles. The number of hydrogen-bond acceptors (Lipinski definition) is 5. The lowest BCUT2D eigenvalue weighted by atomic mass is 10.0. The average Bonchev–Trinajstić information content (AvgIpc) is 3.12. The van der Waals surface area contributed by atoms with Gasteiger partial charge in [0.05, 0.1) is 12.5 Å². The number of aromatic nitrogens is 1. The lowest BCUT2D eigenvalue weighted by Crippen LogP contribution is -2.40. The summed E-state index contributed by atoms with van der Waals surface area (Å²) >= 11 is 5.90. The summed E-state index contributed by atoms with van der Waals surface area (Å²) in [4.78, 5) is 43.4. The number of nitrogens with one attached hydrogen (secondary N) is 3. The summed E-state index contributed by atoms with van der Waals surface area (Å²) in [7, 11) is 3.35. The number of aldehydes is 1. The predicted octanol–water partition coefficient (Wildman–Crippen LogP) is 1.63. The summed E-state index contributed by atoms with van der Waals surface area (Å²) in [5.74, 6) is -1.18. The topological polar surface area (TPSA) is 154 Å². The maximum atomic E-state index is 11.2. The normalized spacial score (nSPS) is 10.7. The lowest BCUT2D eigenvalue weighted by molar-refractivity contribution is -0.137. The predicted molar refractivity (Wildman–Crippen MR) is 116 cm³/mol. The number of likely N-dealkylation sites (N-methyl/N-ethyl adjacent to an activating group) is 1. The standard InChI is InChI=1S/C12H14ClN3O.C4H9NO.C4H6O3/c1-15-11(12(14)17)4-7-6-16-10-5-8(13)2-3-9(7)10;1-3-4(6)5-2;5-3-1-2-4(6)7/h2-3,5-6,11,15-16H,4H2,1H3,(H2,14,17);3H2,1-2H3,(H,5,6);3H,1-2H2,(H,6,7)/t11-;;/m0../s1. The van der Waals surface area contributed by atoms with Crippen molar-refractivity contribution in [1.82, 2.24) is 15.6 Å². The molecule has 0 radical (unpaired) electrons. The highest BCUT2D eigenvalue weighted by Gasteiger charge is 2.15. The third-order valence-electron chi connectivity index (χ3n) is 3.92. The Hall–Kier alpha value is -2.91. The summed E-state index contributed by atoms with van der Waals surface area (Å²) in [6.45, 7) is 1.82. The molecule has 0 aliphatic carbocycles. The number of carbonyl (C=O) groups is 4. The Morgan fingerprint density at radius 3 is 2.37 bits per heavy atom. The van der Waals surface area contributed by atoms with Gasteiger partial charge in [-0.05, 0) is 31.2 Å². The summed E-state index contributed by atoms with van der Waals surface area (Å²) < 4.78 is 0. The van der Waals surface area contributed by atoms with Crippen LogP contribution in [-0.2, 0) is 25.6 Å². The van der Waals surface area contributed by atoms with Crippen molar-refractivity contribution in [3.8, 4) is 0 Å². The molecule has 1 aromatic heterocycles. The number of primary amides is 1. The minimum Gasteiger partial charge on any atom is -0.481 e. The number of H-pyrrole nitrogens is 1. The van der Waals surface area contributed by atoms with Crippen LogP contribution in [0.25, 0.3) is 10.9 Å². The second-order valence-electron chi connectivity index (χ2n) is 6.08. The van der Waals surface area contributed by atoms with Crippen LogP contribution in [0.1, 0.15) is 31.7 Å². The lowest BCUT2D eigenvalue weighted by Gasteiger charge is -2.11. The molecule has 2 amide bonds. The number of benzene rings is 1. The van der Waals surface area contributed by atoms with E-state index in [1.54, 1.807) is 14.1 Å². The van der Waals surface area contributed by atoms with E-state index in [2.05, 4.69) is 15.6 Å². The number of nitrogens with two attached hydrogens (primary N) is 1. The van der Waals surface area contributed by atoms with Crippen LogP contribution in [0.5, 0.6) is 0 Å². The number of amides is 2. The highest BCUT2D eigenvalue weighted by atomic mass is 35.5. The van der Waals surface area contributed by atoms with Gasteiger partial charge in [-0.3, -0.25) is 14.4 Å². The Kier molecular flexibility index (Phi) is 13.5. The van der Waals surface area contributed by atoms with Crippen LogP contribution in [0.15, 0.2) is 24.4 Å². The number of rotatable bonds is 8. The highest BCUT2D eigenvalue weighted by molar-refractivity contribution is 6.31. The summed E-state index contributed by atoms with van der Waals surface area (Å²) in [6.07, 6.45) is 3.69. The zero-order valence-corrected chi connectivity index (χ0v) is 18.1. The van der Waals surface area contributed by atoms with Gasteiger partial charge in [-0.1, -0.05) is 24.6 Å². The van der Waals surface area contributed by atoms with Gasteiger partial charge in [-0.2, -0.15) is 0 Å². The van der Waals surface area contributed by atoms with Crippen molar-refractivity contribution < 1.29 is 24.3 Å². The first kappa shape index (κ1) is 27.1. The molecular weight excluding hydrogens is 412 g/mol. The van der Waals surface area contributed by atoms with Crippen LogP contribution in [-0.4, -0.2) is 54.3 Å². The van der Waals surface area contributed by atoms with Gasteiger partial charge in [0.15, 0.2) is 0 Å². The molecule has 6 N–H and O–H groups in total. The van der Waals surface area contributed by atoms with E-state index in [-0.39, 0.29) is 30.7 Å². The van der Waals surface area contributed by atoms with E-state index in [4.69, 9.17) is 22.4 Å². The molecule has 1 aromatic carbocycles. The van der Waals surface area contributed by atoms with Crippen molar-refractivity contribution in [2.24, 2.45) is 5.73 Å². The average molecular weight is 441 g/mol. The SMILES string of the molecule is CCC(=O)NC.CN[C@@H](Cc1c[nH]c2cc(Cl)ccc12)C(N)=O.O=CCCC(=O)O. The molecule has 0 spiro atoms. The summed E-state index contributed by atoms with van der Waals surface area (Å²) in [5, 5.41) is 15.0. The van der Waals surface area contributed by atoms with Gasteiger partial charge in [0.25, 0.3) is 0 Å². The van der Waals surface area contributed by atoms with Gasteiger partial charge in [-0.15, -0.1) is 0 Å². The first-order valence-corrected chi connectivity index (χ1v) is 9.65. The minimum atomic E-state index is -0.924. The molecule has 0 bridgehead atoms. The second kappa shape index (κ2) is 15.0. The molecular formula is C20H29ClN4O5. The molecule has 2 aromatic rings. The van der Waals surface area contributed by atoms with Gasteiger partial charge in [0.1, 0.15) is 6.29 Å². The molecule has 2 rings (SSSR count).